The summed E-state index contributed by atoms with van der Waals surface area (Å²) >= 11 is 0. The number of fused-ring (bicyclic) bond motifs is 10. The fourth-order valence-electron chi connectivity index (χ4n) is 11.8. The van der Waals surface area contributed by atoms with E-state index in [1.807, 2.05) is 33.8 Å². The highest BCUT2D eigenvalue weighted by atomic mass is 16.7. The summed E-state index contributed by atoms with van der Waals surface area (Å²) in [5.74, 6) is 6.36. The predicted octanol–water partition coefficient (Wildman–Crippen LogP) is 14.4. The van der Waals surface area contributed by atoms with Gasteiger partial charge in [0.1, 0.15) is 29.7 Å². The molecule has 6 saturated carbocycles. The van der Waals surface area contributed by atoms with Gasteiger partial charge in [0.05, 0.1) is 12.7 Å². The summed E-state index contributed by atoms with van der Waals surface area (Å²) in [6, 6.07) is 8.92. The van der Waals surface area contributed by atoms with Gasteiger partial charge in [-0.3, -0.25) is 0 Å². The molecule has 1 heterocycles. The Morgan fingerprint density at radius 2 is 1.09 bits per heavy atom. The first-order valence-corrected chi connectivity index (χ1v) is 29.6. The monoisotopic (exact) mass is 1140 g/mol. The highest BCUT2D eigenvalue weighted by Crippen LogP contribution is 2.59. The molecule has 12 atom stereocenters. The number of hydrogen-bond acceptors (Lipinski definition) is 14. The molecule has 14 nitrogen and oxygen atoms in total. The summed E-state index contributed by atoms with van der Waals surface area (Å²) in [7, 11) is 1.47. The molecule has 4 bridgehead atoms. The third-order valence-electron chi connectivity index (χ3n) is 15.9. The molecule has 7 aliphatic carbocycles. The Morgan fingerprint density at radius 1 is 0.549 bits per heavy atom. The number of rotatable bonds is 12. The first-order chi connectivity index (χ1) is 38.5. The standard InChI is InChI=1S/C14H20O2.C10H16O2.C10H10O2.C10H14.C9H14O3.C8H14O2.C7H12O3/c1-8(2)14(15)16-13-7-9-6-12(13)11-5-3-4-10(9)11;2*1-8(2)10(11)12-9-6-4-3-5-7-9;1-2-9-7-4-5-8(6-7)10(9)3-1;1-6(2)9(10)12-8-4-7(3)11-5-8;1-6(2)7(9)10-8(3,4)5;1-5(2)7(8)10-6(3)9-4/h9-13H,1,3-7H2,2H3;9H,1,3-7H2,2H3;3-7H,1H2,2H3;1-2,7-10H,3-6H2;7-8H,1,4-5H2,2-3H3;1H2,2-5H3;6H,1H2,2-4H3. The van der Waals surface area contributed by atoms with Crippen molar-refractivity contribution in [2.24, 2.45) is 47.3 Å². The van der Waals surface area contributed by atoms with E-state index in [0.29, 0.717) is 51.7 Å². The average molecular weight is 1140 g/mol. The molecule has 9 rings (SSSR count). The van der Waals surface area contributed by atoms with Crippen molar-refractivity contribution in [3.8, 4) is 5.75 Å². The van der Waals surface area contributed by atoms with Crippen LogP contribution in [0, 0.1) is 47.3 Å². The molecule has 8 aliphatic rings. The van der Waals surface area contributed by atoms with Gasteiger partial charge in [0.25, 0.3) is 0 Å². The van der Waals surface area contributed by atoms with E-state index in [4.69, 9.17) is 33.2 Å². The molecule has 82 heavy (non-hydrogen) atoms. The van der Waals surface area contributed by atoms with Crippen LogP contribution in [0.1, 0.15) is 172 Å². The van der Waals surface area contributed by atoms with Gasteiger partial charge in [0, 0.05) is 47.0 Å². The van der Waals surface area contributed by atoms with Gasteiger partial charge >= 0.3 is 35.8 Å². The van der Waals surface area contributed by atoms with E-state index in [2.05, 4.69) is 56.4 Å². The van der Waals surface area contributed by atoms with Crippen LogP contribution in [-0.4, -0.2) is 85.8 Å². The van der Waals surface area contributed by atoms with Gasteiger partial charge in [-0.15, -0.1) is 0 Å². The van der Waals surface area contributed by atoms with Gasteiger partial charge in [-0.05, 0) is 213 Å². The molecule has 12 unspecified atom stereocenters. The summed E-state index contributed by atoms with van der Waals surface area (Å²) in [5.41, 5.74) is 2.29. The number of para-hydroxylation sites is 1. The maximum Gasteiger partial charge on any atom is 0.338 e. The van der Waals surface area contributed by atoms with E-state index in [1.165, 1.54) is 64.9 Å². The predicted molar refractivity (Wildman–Crippen MR) is 321 cm³/mol. The molecule has 7 fully saturated rings. The van der Waals surface area contributed by atoms with Crippen molar-refractivity contribution >= 4 is 35.8 Å². The zero-order valence-electron chi connectivity index (χ0n) is 51.8. The average Bonchev–Trinajstić information content (AvgIpc) is 3.33. The first kappa shape index (κ1) is 70.4. The number of hydrogen-bond donors (Lipinski definition) is 0. The molecule has 1 saturated heterocycles. The van der Waals surface area contributed by atoms with E-state index in [1.54, 1.807) is 85.6 Å². The molecule has 1 aromatic carbocycles. The number of methoxy groups -OCH3 is 1. The van der Waals surface area contributed by atoms with Gasteiger partial charge in [0.2, 0.25) is 0 Å². The van der Waals surface area contributed by atoms with Crippen LogP contribution in [0.2, 0.25) is 0 Å². The Labute approximate surface area is 491 Å². The van der Waals surface area contributed by atoms with Gasteiger partial charge < -0.3 is 37.9 Å². The Hall–Kier alpha value is -5.86. The normalized spacial score (nSPS) is 26.6. The van der Waals surface area contributed by atoms with E-state index < -0.39 is 17.9 Å². The minimum atomic E-state index is -0.496. The Morgan fingerprint density at radius 3 is 1.59 bits per heavy atom. The minimum Gasteiger partial charge on any atom is -0.459 e. The molecule has 456 valence electrons. The molecule has 0 radical (unpaired) electrons. The summed E-state index contributed by atoms with van der Waals surface area (Å²) < 4.78 is 40.4. The molecule has 0 aromatic heterocycles. The lowest BCUT2D eigenvalue weighted by molar-refractivity contribution is -0.165. The maximum atomic E-state index is 11.5. The zero-order chi connectivity index (χ0) is 61.4. The second kappa shape index (κ2) is 34.7. The fourth-order valence-corrected chi connectivity index (χ4v) is 11.8. The highest BCUT2D eigenvalue weighted by Gasteiger charge is 2.55. The molecular weight excluding hydrogens is 1040 g/mol. The number of benzene rings is 1. The lowest BCUT2D eigenvalue weighted by Gasteiger charge is -2.31. The lowest BCUT2D eigenvalue weighted by Crippen LogP contribution is -2.32. The highest BCUT2D eigenvalue weighted by molar-refractivity contribution is 5.89. The van der Waals surface area contributed by atoms with Crippen LogP contribution >= 0.6 is 0 Å². The topological polar surface area (TPSA) is 176 Å². The number of esters is 6. The number of carbonyl (C=O) groups is 6. The second-order valence-corrected chi connectivity index (χ2v) is 24.5. The van der Waals surface area contributed by atoms with E-state index >= 15 is 0 Å². The SMILES string of the molecule is C1=CC2C3CCC(C3)C2C1.C=C(C)C(=O)OC(C)(C)C.C=C(C)C(=O)OC(C)OC.C=C(C)C(=O)OC1CC2CC1C1CCCC21.C=C(C)C(=O)OC1CCCCC1.C=C(C)C(=O)OC1COC(C)C1.C=C(C)C(=O)Oc1ccccc1. The number of ether oxygens (including phenoxy) is 8. The molecule has 14 heteroatoms. The van der Waals surface area contributed by atoms with Crippen LogP contribution in [-0.2, 0) is 61.9 Å². The molecule has 0 spiro atoms. The smallest absolute Gasteiger partial charge is 0.338 e. The van der Waals surface area contributed by atoms with Crippen molar-refractivity contribution in [1.82, 2.24) is 0 Å². The summed E-state index contributed by atoms with van der Waals surface area (Å²) in [5, 5.41) is 0. The molecule has 0 N–H and O–H groups in total. The van der Waals surface area contributed by atoms with Gasteiger partial charge in [-0.2, -0.15) is 0 Å². The van der Waals surface area contributed by atoms with E-state index in [9.17, 15) is 28.8 Å². The third-order valence-corrected chi connectivity index (χ3v) is 15.9. The van der Waals surface area contributed by atoms with Crippen LogP contribution in [0.3, 0.4) is 0 Å². The number of allylic oxidation sites excluding steroid dienone is 2. The first-order valence-electron chi connectivity index (χ1n) is 29.6. The maximum absolute atomic E-state index is 11.5. The molecule has 1 aliphatic heterocycles. The largest absolute Gasteiger partial charge is 0.459 e. The Bertz CT molecular complexity index is 2360. The zero-order valence-corrected chi connectivity index (χ0v) is 51.8. The van der Waals surface area contributed by atoms with Crippen LogP contribution < -0.4 is 4.74 Å². The summed E-state index contributed by atoms with van der Waals surface area (Å²) in [6.45, 7) is 40.5. The van der Waals surface area contributed by atoms with Crippen molar-refractivity contribution in [2.45, 2.75) is 209 Å². The van der Waals surface area contributed by atoms with Crippen molar-refractivity contribution in [1.29, 1.82) is 0 Å². The molecule has 1 aromatic rings. The van der Waals surface area contributed by atoms with Crippen LogP contribution in [0.25, 0.3) is 0 Å². The Kier molecular flexibility index (Phi) is 29.8. The number of carbonyl (C=O) groups excluding carboxylic acids is 6. The van der Waals surface area contributed by atoms with Crippen molar-refractivity contribution in [2.75, 3.05) is 13.7 Å². The summed E-state index contributed by atoms with van der Waals surface area (Å²) in [4.78, 5) is 66.2. The van der Waals surface area contributed by atoms with E-state index in [0.717, 1.165) is 67.1 Å². The van der Waals surface area contributed by atoms with Gasteiger partial charge in [-0.25, -0.2) is 28.8 Å². The summed E-state index contributed by atoms with van der Waals surface area (Å²) in [6.07, 6.45) is 24.1. The van der Waals surface area contributed by atoms with Crippen molar-refractivity contribution in [3.05, 3.63) is 115 Å². The van der Waals surface area contributed by atoms with Gasteiger partial charge in [-0.1, -0.05) is 82.7 Å². The Balaban J connectivity index is 0.000000253. The minimum absolute atomic E-state index is 0.0794. The van der Waals surface area contributed by atoms with Crippen molar-refractivity contribution in [3.63, 3.8) is 0 Å². The fraction of sp³-hybridized carbons (Fsp3) is 0.618. The second-order valence-electron chi connectivity index (χ2n) is 24.5. The lowest BCUT2D eigenvalue weighted by atomic mass is 9.80. The molecular formula is C68H100O14. The van der Waals surface area contributed by atoms with Crippen LogP contribution in [0.5, 0.6) is 5.75 Å². The quantitative estimate of drug-likeness (QED) is 0.0482. The molecule has 0 amide bonds. The van der Waals surface area contributed by atoms with Crippen LogP contribution in [0.15, 0.2) is 115 Å². The van der Waals surface area contributed by atoms with Crippen molar-refractivity contribution < 1.29 is 66.7 Å². The van der Waals surface area contributed by atoms with Crippen LogP contribution in [0.4, 0.5) is 0 Å². The van der Waals surface area contributed by atoms with E-state index in [-0.39, 0.29) is 54.3 Å². The van der Waals surface area contributed by atoms with Gasteiger partial charge in [0.15, 0.2) is 6.29 Å². The third kappa shape index (κ3) is 24.5.